The fourth-order valence-corrected chi connectivity index (χ4v) is 2.30. The van der Waals surface area contributed by atoms with Gasteiger partial charge in [0.15, 0.2) is 5.78 Å². The number of halogens is 3. The lowest BCUT2D eigenvalue weighted by atomic mass is 10.0. The van der Waals surface area contributed by atoms with Crippen molar-refractivity contribution < 1.29 is 18.0 Å². The molecule has 0 atom stereocenters. The van der Waals surface area contributed by atoms with Crippen molar-refractivity contribution in [2.24, 2.45) is 0 Å². The van der Waals surface area contributed by atoms with Gasteiger partial charge in [-0.2, -0.15) is 13.2 Å². The maximum Gasteiger partial charge on any atom is 0.416 e. The van der Waals surface area contributed by atoms with Crippen LogP contribution in [0.4, 0.5) is 18.9 Å². The number of rotatable bonds is 1. The molecule has 98 valence electrons. The van der Waals surface area contributed by atoms with Crippen molar-refractivity contribution in [1.82, 2.24) is 0 Å². The average Bonchev–Trinajstić information content (AvgIpc) is 2.51. The zero-order valence-corrected chi connectivity index (χ0v) is 10.2. The Morgan fingerprint density at radius 1 is 1.17 bits per heavy atom. The highest BCUT2D eigenvalue weighted by Gasteiger charge is 2.38. The van der Waals surface area contributed by atoms with Crippen LogP contribution in [0.15, 0.2) is 24.3 Å². The van der Waals surface area contributed by atoms with E-state index in [1.54, 1.807) is 0 Å². The van der Waals surface area contributed by atoms with Gasteiger partial charge in [-0.05, 0) is 38.1 Å². The Bertz CT molecular complexity index is 462. The molecule has 2 rings (SSSR count). The Morgan fingerprint density at radius 2 is 1.72 bits per heavy atom. The lowest BCUT2D eigenvalue weighted by Gasteiger charge is -2.32. The van der Waals surface area contributed by atoms with Crippen LogP contribution in [0.25, 0.3) is 0 Å². The van der Waals surface area contributed by atoms with Crippen LogP contribution >= 0.6 is 0 Å². The summed E-state index contributed by atoms with van der Waals surface area (Å²) < 4.78 is 37.3. The van der Waals surface area contributed by atoms with Gasteiger partial charge in [-0.1, -0.05) is 0 Å². The minimum Gasteiger partial charge on any atom is -0.359 e. The number of hydrogen-bond donors (Lipinski definition) is 0. The van der Waals surface area contributed by atoms with E-state index < -0.39 is 11.7 Å². The molecule has 2 nitrogen and oxygen atoms in total. The van der Waals surface area contributed by atoms with Gasteiger partial charge in [0.05, 0.1) is 12.1 Å². The number of nitrogens with zero attached hydrogens (tertiary/aromatic N) is 1. The summed E-state index contributed by atoms with van der Waals surface area (Å²) in [5.74, 6) is 0.111. The summed E-state index contributed by atoms with van der Waals surface area (Å²) in [7, 11) is 0. The monoisotopic (exact) mass is 257 g/mol. The summed E-state index contributed by atoms with van der Waals surface area (Å²) >= 11 is 0. The molecular weight excluding hydrogens is 243 g/mol. The second kappa shape index (κ2) is 4.00. The molecular formula is C13H14F3NO. The topological polar surface area (TPSA) is 20.3 Å². The molecule has 0 aliphatic carbocycles. The third kappa shape index (κ3) is 2.35. The third-order valence-corrected chi connectivity index (χ3v) is 3.20. The second-order valence-corrected chi connectivity index (χ2v) is 5.16. The highest BCUT2D eigenvalue weighted by Crippen LogP contribution is 2.34. The number of carbonyl (C=O) groups excluding carboxylic acids is 1. The van der Waals surface area contributed by atoms with E-state index in [9.17, 15) is 18.0 Å². The van der Waals surface area contributed by atoms with Gasteiger partial charge in [0, 0.05) is 17.6 Å². The van der Waals surface area contributed by atoms with E-state index in [1.165, 1.54) is 12.1 Å². The first-order valence-corrected chi connectivity index (χ1v) is 5.67. The molecule has 5 heteroatoms. The Balaban J connectivity index is 2.28. The molecule has 1 fully saturated rings. The van der Waals surface area contributed by atoms with Crippen LogP contribution in [0, 0.1) is 0 Å². The predicted molar refractivity (Wildman–Crippen MR) is 62.5 cm³/mol. The molecule has 0 unspecified atom stereocenters. The van der Waals surface area contributed by atoms with Crippen LogP contribution in [0.1, 0.15) is 25.8 Å². The zero-order valence-electron chi connectivity index (χ0n) is 10.2. The Morgan fingerprint density at radius 3 is 2.11 bits per heavy atom. The third-order valence-electron chi connectivity index (χ3n) is 3.20. The van der Waals surface area contributed by atoms with Crippen molar-refractivity contribution >= 4 is 11.5 Å². The molecule has 1 saturated heterocycles. The number of benzene rings is 1. The normalized spacial score (nSPS) is 19.4. The number of carbonyl (C=O) groups is 1. The molecule has 0 amide bonds. The number of alkyl halides is 3. The van der Waals surface area contributed by atoms with E-state index in [2.05, 4.69) is 0 Å². The van der Waals surface area contributed by atoms with Gasteiger partial charge in [-0.15, -0.1) is 0 Å². The number of hydrogen-bond acceptors (Lipinski definition) is 2. The van der Waals surface area contributed by atoms with E-state index in [0.29, 0.717) is 12.1 Å². The minimum absolute atomic E-state index is 0.111. The number of Topliss-reactive ketones (excluding diaryl/α,β-unsaturated/α-hetero) is 1. The molecule has 1 aromatic carbocycles. The lowest BCUT2D eigenvalue weighted by molar-refractivity contribution is -0.137. The summed E-state index contributed by atoms with van der Waals surface area (Å²) in [4.78, 5) is 13.3. The van der Waals surface area contributed by atoms with Crippen LogP contribution in [-0.2, 0) is 11.0 Å². The smallest absolute Gasteiger partial charge is 0.359 e. The van der Waals surface area contributed by atoms with Crippen molar-refractivity contribution in [1.29, 1.82) is 0 Å². The van der Waals surface area contributed by atoms with E-state index in [4.69, 9.17) is 0 Å². The van der Waals surface area contributed by atoms with Gasteiger partial charge in [0.25, 0.3) is 0 Å². The van der Waals surface area contributed by atoms with Crippen molar-refractivity contribution in [2.45, 2.75) is 32.0 Å². The van der Waals surface area contributed by atoms with Crippen molar-refractivity contribution in [3.05, 3.63) is 29.8 Å². The summed E-state index contributed by atoms with van der Waals surface area (Å²) in [5.41, 5.74) is -0.356. The molecule has 1 aliphatic rings. The molecule has 0 aromatic heterocycles. The number of ketones is 1. The molecule has 1 aliphatic heterocycles. The summed E-state index contributed by atoms with van der Waals surface area (Å²) in [6.45, 7) is 4.09. The van der Waals surface area contributed by atoms with Gasteiger partial charge >= 0.3 is 6.18 Å². The largest absolute Gasteiger partial charge is 0.416 e. The van der Waals surface area contributed by atoms with Gasteiger partial charge in [-0.3, -0.25) is 4.79 Å². The van der Waals surface area contributed by atoms with E-state index in [0.717, 1.165) is 12.1 Å². The lowest BCUT2D eigenvalue weighted by Crippen LogP contribution is -2.38. The van der Waals surface area contributed by atoms with Crippen LogP contribution in [0.2, 0.25) is 0 Å². The van der Waals surface area contributed by atoms with Crippen molar-refractivity contribution in [2.75, 3.05) is 11.4 Å². The Hall–Kier alpha value is -1.52. The van der Waals surface area contributed by atoms with E-state index in [-0.39, 0.29) is 17.9 Å². The van der Waals surface area contributed by atoms with Crippen molar-refractivity contribution in [3.63, 3.8) is 0 Å². The molecule has 0 radical (unpaired) electrons. The first-order chi connectivity index (χ1) is 8.20. The Labute approximate surface area is 103 Å². The fourth-order valence-electron chi connectivity index (χ4n) is 2.30. The van der Waals surface area contributed by atoms with E-state index >= 15 is 0 Å². The molecule has 1 heterocycles. The zero-order chi connectivity index (χ0) is 13.6. The quantitative estimate of drug-likeness (QED) is 0.769. The summed E-state index contributed by atoms with van der Waals surface area (Å²) in [5, 5.41) is 0. The van der Waals surface area contributed by atoms with Gasteiger partial charge in [0.1, 0.15) is 0 Å². The van der Waals surface area contributed by atoms with Crippen molar-refractivity contribution in [3.8, 4) is 0 Å². The van der Waals surface area contributed by atoms with Crippen LogP contribution in [0.3, 0.4) is 0 Å². The van der Waals surface area contributed by atoms with Gasteiger partial charge in [0.2, 0.25) is 0 Å². The Kier molecular flexibility index (Phi) is 2.87. The standard InChI is InChI=1S/C13H14F3NO/c1-12(2)7-11(18)8-17(12)10-5-3-9(4-6-10)13(14,15)16/h3-6H,7-8H2,1-2H3. The SMILES string of the molecule is CC1(C)CC(=O)CN1c1ccc(C(F)(F)F)cc1. The minimum atomic E-state index is -4.32. The molecule has 0 spiro atoms. The first kappa shape index (κ1) is 12.9. The average molecular weight is 257 g/mol. The highest BCUT2D eigenvalue weighted by molar-refractivity contribution is 5.89. The van der Waals surface area contributed by atoms with Gasteiger partial charge in [-0.25, -0.2) is 0 Å². The maximum absolute atomic E-state index is 12.4. The molecule has 1 aromatic rings. The fraction of sp³-hybridized carbons (Fsp3) is 0.462. The van der Waals surface area contributed by atoms with Crippen LogP contribution in [0.5, 0.6) is 0 Å². The molecule has 0 bridgehead atoms. The van der Waals surface area contributed by atoms with Crippen LogP contribution < -0.4 is 4.90 Å². The summed E-state index contributed by atoms with van der Waals surface area (Å²) in [6, 6.07) is 4.94. The van der Waals surface area contributed by atoms with E-state index in [1.807, 2.05) is 18.7 Å². The molecule has 0 saturated carbocycles. The predicted octanol–water partition coefficient (Wildman–Crippen LogP) is 3.26. The second-order valence-electron chi connectivity index (χ2n) is 5.16. The maximum atomic E-state index is 12.4. The number of anilines is 1. The van der Waals surface area contributed by atoms with Gasteiger partial charge < -0.3 is 4.90 Å². The molecule has 18 heavy (non-hydrogen) atoms. The summed E-state index contributed by atoms with van der Waals surface area (Å²) in [6.07, 6.45) is -3.90. The first-order valence-electron chi connectivity index (χ1n) is 5.67. The highest BCUT2D eigenvalue weighted by atomic mass is 19.4. The molecule has 0 N–H and O–H groups in total. The van der Waals surface area contributed by atoms with Crippen LogP contribution in [-0.4, -0.2) is 17.9 Å².